The molecule has 0 spiro atoms. The summed E-state index contributed by atoms with van der Waals surface area (Å²) in [5, 5.41) is 10.4. The number of halogens is 3. The van der Waals surface area contributed by atoms with Gasteiger partial charge in [0.2, 0.25) is 0 Å². The molecule has 28 heavy (non-hydrogen) atoms. The van der Waals surface area contributed by atoms with Crippen molar-refractivity contribution in [3.63, 3.8) is 0 Å². The molecule has 7 nitrogen and oxygen atoms in total. The van der Waals surface area contributed by atoms with E-state index in [4.69, 9.17) is 19.4 Å². The number of aromatic nitrogens is 1. The van der Waals surface area contributed by atoms with Crippen molar-refractivity contribution in [2.75, 3.05) is 39.4 Å². The number of ether oxygens (including phenoxy) is 2. The number of alkyl halides is 3. The molecule has 3 saturated heterocycles. The average Bonchev–Trinajstić information content (AvgIpc) is 3.36. The maximum atomic E-state index is 10.6. The second kappa shape index (κ2) is 9.49. The molecule has 4 heterocycles. The van der Waals surface area contributed by atoms with Crippen molar-refractivity contribution >= 4 is 17.3 Å². The molecular formula is C17H24F3N3O4S. The zero-order chi connectivity index (χ0) is 20.1. The fraction of sp³-hybridized carbons (Fsp3) is 0.765. The first-order valence-electron chi connectivity index (χ1n) is 9.21. The van der Waals surface area contributed by atoms with Gasteiger partial charge in [-0.25, -0.2) is 9.78 Å². The van der Waals surface area contributed by atoms with Gasteiger partial charge in [-0.05, 0) is 12.8 Å². The van der Waals surface area contributed by atoms with Crippen molar-refractivity contribution in [1.29, 1.82) is 0 Å². The van der Waals surface area contributed by atoms with Crippen LogP contribution in [-0.4, -0.2) is 89.7 Å². The van der Waals surface area contributed by atoms with E-state index in [9.17, 15) is 13.2 Å². The Morgan fingerprint density at radius 2 is 2.11 bits per heavy atom. The standard InChI is InChI=1S/C15H23N3O2S.C2HF3O2/c1-2-12(19-5-1)8-18-4-6-20-14-10-17(9-13(14)18)11-15-16-3-7-21-15;3-2(4,5)1(6)7/h3,7,12-14H,1-2,4-6,8-11H2;(H,6,7)/t12?,13-,14+;/m1./s1. The largest absolute Gasteiger partial charge is 0.490 e. The third-order valence-electron chi connectivity index (χ3n) is 5.04. The molecule has 0 aliphatic carbocycles. The highest BCUT2D eigenvalue weighted by Gasteiger charge is 2.41. The lowest BCUT2D eigenvalue weighted by atomic mass is 10.1. The van der Waals surface area contributed by atoms with Crippen molar-refractivity contribution in [1.82, 2.24) is 14.8 Å². The average molecular weight is 423 g/mol. The molecule has 0 radical (unpaired) electrons. The number of hydrogen-bond acceptors (Lipinski definition) is 7. The van der Waals surface area contributed by atoms with Crippen LogP contribution in [0.3, 0.4) is 0 Å². The van der Waals surface area contributed by atoms with Crippen LogP contribution in [0.1, 0.15) is 17.8 Å². The summed E-state index contributed by atoms with van der Waals surface area (Å²) in [4.78, 5) is 18.4. The molecule has 0 bridgehead atoms. The molecule has 0 aromatic carbocycles. The van der Waals surface area contributed by atoms with Crippen molar-refractivity contribution in [2.45, 2.75) is 43.8 Å². The van der Waals surface area contributed by atoms with Crippen LogP contribution < -0.4 is 0 Å². The van der Waals surface area contributed by atoms with Crippen molar-refractivity contribution in [2.24, 2.45) is 0 Å². The highest BCUT2D eigenvalue weighted by molar-refractivity contribution is 7.09. The lowest BCUT2D eigenvalue weighted by Crippen LogP contribution is -2.52. The van der Waals surface area contributed by atoms with Crippen LogP contribution in [0.5, 0.6) is 0 Å². The number of hydrogen-bond donors (Lipinski definition) is 1. The van der Waals surface area contributed by atoms with Gasteiger partial charge < -0.3 is 14.6 Å². The summed E-state index contributed by atoms with van der Waals surface area (Å²) < 4.78 is 43.6. The summed E-state index contributed by atoms with van der Waals surface area (Å²) in [6.45, 7) is 7.02. The van der Waals surface area contributed by atoms with Crippen LogP contribution in [0, 0.1) is 0 Å². The molecule has 0 saturated carbocycles. The Kier molecular flexibility index (Phi) is 7.26. The number of carbonyl (C=O) groups is 1. The van der Waals surface area contributed by atoms with Crippen molar-refractivity contribution < 1.29 is 32.5 Å². The topological polar surface area (TPSA) is 75.1 Å². The predicted molar refractivity (Wildman–Crippen MR) is 95.2 cm³/mol. The van der Waals surface area contributed by atoms with Gasteiger partial charge in [-0.3, -0.25) is 9.80 Å². The van der Waals surface area contributed by atoms with Gasteiger partial charge >= 0.3 is 12.1 Å². The van der Waals surface area contributed by atoms with Gasteiger partial charge in [0.25, 0.3) is 0 Å². The minimum Gasteiger partial charge on any atom is -0.475 e. The smallest absolute Gasteiger partial charge is 0.475 e. The van der Waals surface area contributed by atoms with E-state index < -0.39 is 12.1 Å². The molecule has 11 heteroatoms. The maximum absolute atomic E-state index is 10.6. The fourth-order valence-corrected chi connectivity index (χ4v) is 4.42. The van der Waals surface area contributed by atoms with E-state index in [0.717, 1.165) is 45.9 Å². The van der Waals surface area contributed by atoms with Crippen LogP contribution in [0.4, 0.5) is 13.2 Å². The van der Waals surface area contributed by atoms with Crippen molar-refractivity contribution in [3.05, 3.63) is 16.6 Å². The second-order valence-electron chi connectivity index (χ2n) is 7.03. The van der Waals surface area contributed by atoms with Crippen LogP contribution in [0.25, 0.3) is 0 Å². The number of carboxylic acids is 1. The quantitative estimate of drug-likeness (QED) is 0.792. The van der Waals surface area contributed by atoms with E-state index >= 15 is 0 Å². The molecule has 3 aliphatic rings. The molecule has 3 fully saturated rings. The van der Waals surface area contributed by atoms with Crippen LogP contribution in [-0.2, 0) is 20.8 Å². The summed E-state index contributed by atoms with van der Waals surface area (Å²) in [7, 11) is 0. The minimum absolute atomic E-state index is 0.361. The first kappa shape index (κ1) is 21.4. The van der Waals surface area contributed by atoms with E-state index in [2.05, 4.69) is 20.2 Å². The van der Waals surface area contributed by atoms with Gasteiger partial charge in [0.1, 0.15) is 5.01 Å². The summed E-state index contributed by atoms with van der Waals surface area (Å²) in [5.41, 5.74) is 0. The predicted octanol–water partition coefficient (Wildman–Crippen LogP) is 1.84. The molecular weight excluding hydrogens is 399 g/mol. The molecule has 0 amide bonds. The third-order valence-corrected chi connectivity index (χ3v) is 5.80. The zero-order valence-corrected chi connectivity index (χ0v) is 16.1. The number of aliphatic carboxylic acids is 1. The van der Waals surface area contributed by atoms with Gasteiger partial charge in [0.15, 0.2) is 0 Å². The maximum Gasteiger partial charge on any atom is 0.490 e. The summed E-state index contributed by atoms with van der Waals surface area (Å²) >= 11 is 1.74. The molecule has 4 rings (SSSR count). The lowest BCUT2D eigenvalue weighted by Gasteiger charge is -2.38. The Hall–Kier alpha value is -1.27. The minimum atomic E-state index is -5.08. The summed E-state index contributed by atoms with van der Waals surface area (Å²) in [6.07, 6.45) is 0.0529. The highest BCUT2D eigenvalue weighted by atomic mass is 32.1. The first-order valence-corrected chi connectivity index (χ1v) is 10.1. The Bertz CT molecular complexity index is 626. The number of rotatable bonds is 4. The number of nitrogens with zero attached hydrogens (tertiary/aromatic N) is 3. The molecule has 158 valence electrons. The number of carboxylic acid groups (broad SMARTS) is 1. The van der Waals surface area contributed by atoms with E-state index in [-0.39, 0.29) is 0 Å². The summed E-state index contributed by atoms with van der Waals surface area (Å²) in [6, 6.07) is 0.530. The van der Waals surface area contributed by atoms with E-state index in [0.29, 0.717) is 18.2 Å². The Morgan fingerprint density at radius 1 is 1.32 bits per heavy atom. The van der Waals surface area contributed by atoms with Gasteiger partial charge in [0.05, 0.1) is 25.4 Å². The van der Waals surface area contributed by atoms with Gasteiger partial charge in [-0.1, -0.05) is 0 Å². The Morgan fingerprint density at radius 3 is 2.71 bits per heavy atom. The zero-order valence-electron chi connectivity index (χ0n) is 15.3. The normalized spacial score (nSPS) is 28.6. The molecule has 1 unspecified atom stereocenters. The molecule has 1 aromatic rings. The first-order chi connectivity index (χ1) is 13.3. The highest BCUT2D eigenvalue weighted by Crippen LogP contribution is 2.26. The number of fused-ring (bicyclic) bond motifs is 1. The van der Waals surface area contributed by atoms with E-state index in [1.165, 1.54) is 17.8 Å². The molecule has 1 N–H and O–H groups in total. The second-order valence-corrected chi connectivity index (χ2v) is 8.01. The molecule has 3 aliphatic heterocycles. The number of morpholine rings is 1. The van der Waals surface area contributed by atoms with Gasteiger partial charge in [-0.2, -0.15) is 13.2 Å². The SMILES string of the molecule is O=C(O)C(F)(F)F.c1csc(CN2C[C@@H]3OCCN(CC4CCCO4)[C@@H]3C2)n1. The fourth-order valence-electron chi connectivity index (χ4n) is 3.76. The number of thiazole rings is 1. The Balaban J connectivity index is 0.000000279. The van der Waals surface area contributed by atoms with Crippen LogP contribution in [0.15, 0.2) is 11.6 Å². The van der Waals surface area contributed by atoms with Crippen molar-refractivity contribution in [3.8, 4) is 0 Å². The van der Waals surface area contributed by atoms with E-state index in [1.54, 1.807) is 11.3 Å². The van der Waals surface area contributed by atoms with Gasteiger partial charge in [0, 0.05) is 50.4 Å². The third kappa shape index (κ3) is 5.86. The van der Waals surface area contributed by atoms with E-state index in [1.807, 2.05) is 6.20 Å². The van der Waals surface area contributed by atoms with Crippen LogP contribution in [0.2, 0.25) is 0 Å². The molecule has 3 atom stereocenters. The van der Waals surface area contributed by atoms with Gasteiger partial charge in [-0.15, -0.1) is 11.3 Å². The molecule has 1 aromatic heterocycles. The number of likely N-dealkylation sites (tertiary alicyclic amines) is 1. The summed E-state index contributed by atoms with van der Waals surface area (Å²) in [5.74, 6) is -2.76. The lowest BCUT2D eigenvalue weighted by molar-refractivity contribution is -0.192. The Labute approximate surface area is 165 Å². The van der Waals surface area contributed by atoms with Crippen LogP contribution >= 0.6 is 11.3 Å². The monoisotopic (exact) mass is 423 g/mol.